The van der Waals surface area contributed by atoms with Crippen LogP contribution in [0.2, 0.25) is 10.0 Å². The van der Waals surface area contributed by atoms with Gasteiger partial charge in [-0.25, -0.2) is 4.72 Å². The van der Waals surface area contributed by atoms with Crippen LogP contribution in [-0.4, -0.2) is 32.0 Å². The van der Waals surface area contributed by atoms with Gasteiger partial charge in [0, 0.05) is 18.2 Å². The summed E-state index contributed by atoms with van der Waals surface area (Å²) in [6, 6.07) is 15.3. The Bertz CT molecular complexity index is 1550. The summed E-state index contributed by atoms with van der Waals surface area (Å²) < 4.78 is 36.2. The summed E-state index contributed by atoms with van der Waals surface area (Å²) in [5.74, 6) is -0.00498. The Hall–Kier alpha value is -3.11. The van der Waals surface area contributed by atoms with E-state index in [-0.39, 0.29) is 28.7 Å². The van der Waals surface area contributed by atoms with Gasteiger partial charge in [0.1, 0.15) is 10.8 Å². The van der Waals surface area contributed by atoms with Gasteiger partial charge in [-0.05, 0) is 66.8 Å². The van der Waals surface area contributed by atoms with Crippen LogP contribution >= 0.6 is 23.2 Å². The molecule has 0 atom stereocenters. The Morgan fingerprint density at radius 3 is 2.45 bits per heavy atom. The second kappa shape index (κ2) is 13.5. The molecule has 2 aromatic carbocycles. The number of hydrogen-bond donors (Lipinski definition) is 2. The SMILES string of the molecule is COc1cccc(/C=C/c2c(Cl)cc(Cl)c(=O)n2CCc2ccc(C(=O)NS(=O)(=O)NC3CCCCC3)cc2)c1. The van der Waals surface area contributed by atoms with Gasteiger partial charge in [-0.1, -0.05) is 72.8 Å². The molecule has 8 nitrogen and oxygen atoms in total. The molecule has 2 N–H and O–H groups in total. The van der Waals surface area contributed by atoms with E-state index in [1.54, 1.807) is 37.5 Å². The number of benzene rings is 2. The Morgan fingerprint density at radius 1 is 1.02 bits per heavy atom. The molecule has 0 bridgehead atoms. The van der Waals surface area contributed by atoms with Gasteiger partial charge in [0.2, 0.25) is 0 Å². The van der Waals surface area contributed by atoms with Crippen LogP contribution in [0.1, 0.15) is 59.3 Å². The third-order valence-corrected chi connectivity index (χ3v) is 8.43. The molecule has 40 heavy (non-hydrogen) atoms. The highest BCUT2D eigenvalue weighted by molar-refractivity contribution is 7.88. The molecule has 1 amide bonds. The van der Waals surface area contributed by atoms with Crippen molar-refractivity contribution < 1.29 is 17.9 Å². The molecule has 1 aliphatic rings. The minimum atomic E-state index is -3.96. The van der Waals surface area contributed by atoms with Crippen molar-refractivity contribution in [3.8, 4) is 5.75 Å². The Morgan fingerprint density at radius 2 is 1.75 bits per heavy atom. The number of carbonyl (C=O) groups is 1. The maximum absolute atomic E-state index is 12.9. The van der Waals surface area contributed by atoms with E-state index >= 15 is 0 Å². The van der Waals surface area contributed by atoms with Crippen molar-refractivity contribution in [2.45, 2.75) is 51.1 Å². The summed E-state index contributed by atoms with van der Waals surface area (Å²) in [5.41, 5.74) is 2.05. The Balaban J connectivity index is 1.44. The summed E-state index contributed by atoms with van der Waals surface area (Å²) in [6.07, 6.45) is 8.60. The molecule has 0 saturated heterocycles. The van der Waals surface area contributed by atoms with E-state index in [0.717, 1.165) is 43.2 Å². The summed E-state index contributed by atoms with van der Waals surface area (Å²) in [7, 11) is -2.37. The number of pyridine rings is 1. The van der Waals surface area contributed by atoms with Gasteiger partial charge in [-0.3, -0.25) is 9.59 Å². The topological polar surface area (TPSA) is 106 Å². The zero-order valence-corrected chi connectivity index (χ0v) is 24.4. The van der Waals surface area contributed by atoms with Gasteiger partial charge < -0.3 is 9.30 Å². The quantitative estimate of drug-likeness (QED) is 0.319. The minimum Gasteiger partial charge on any atom is -0.497 e. The average molecular weight is 605 g/mol. The summed E-state index contributed by atoms with van der Waals surface area (Å²) in [5, 5.41) is 0.345. The lowest BCUT2D eigenvalue weighted by molar-refractivity contribution is 0.0981. The highest BCUT2D eigenvalue weighted by Crippen LogP contribution is 2.22. The second-order valence-electron chi connectivity index (χ2n) is 9.63. The number of nitrogens with zero attached hydrogens (tertiary/aromatic N) is 1. The lowest BCUT2D eigenvalue weighted by atomic mass is 9.96. The number of amides is 1. The van der Waals surface area contributed by atoms with Crippen LogP contribution < -0.4 is 19.7 Å². The maximum atomic E-state index is 12.9. The number of ether oxygens (including phenoxy) is 1. The zero-order chi connectivity index (χ0) is 28.7. The van der Waals surface area contributed by atoms with Crippen molar-refractivity contribution in [1.82, 2.24) is 14.0 Å². The maximum Gasteiger partial charge on any atom is 0.301 e. The minimum absolute atomic E-state index is 0.0126. The molecule has 0 aliphatic heterocycles. The van der Waals surface area contributed by atoms with Crippen LogP contribution in [-0.2, 0) is 23.2 Å². The van der Waals surface area contributed by atoms with Crippen molar-refractivity contribution in [2.24, 2.45) is 0 Å². The van der Waals surface area contributed by atoms with Gasteiger partial charge in [-0.15, -0.1) is 0 Å². The number of aromatic nitrogens is 1. The van der Waals surface area contributed by atoms with Gasteiger partial charge in [0.15, 0.2) is 0 Å². The Kier molecular flexibility index (Phi) is 10.1. The first-order chi connectivity index (χ1) is 19.1. The van der Waals surface area contributed by atoms with E-state index in [1.165, 1.54) is 10.6 Å². The van der Waals surface area contributed by atoms with Crippen LogP contribution in [0, 0.1) is 0 Å². The standard InChI is InChI=1S/C29H31Cl2N3O5S/c1-39-24-9-5-6-21(18-24)12-15-27-25(30)19-26(31)29(36)34(27)17-16-20-10-13-22(14-11-20)28(35)33-40(37,38)32-23-7-3-2-4-8-23/h5-6,9-15,18-19,23,32H,2-4,7-8,16-17H2,1H3,(H,33,35)/b15-12+. The van der Waals surface area contributed by atoms with Gasteiger partial charge in [0.25, 0.3) is 11.5 Å². The predicted octanol–water partition coefficient (Wildman–Crippen LogP) is 5.47. The molecule has 11 heteroatoms. The molecule has 0 unspecified atom stereocenters. The van der Waals surface area contributed by atoms with Gasteiger partial charge in [-0.2, -0.15) is 13.1 Å². The van der Waals surface area contributed by atoms with E-state index in [2.05, 4.69) is 9.44 Å². The fourth-order valence-corrected chi connectivity index (χ4v) is 6.28. The predicted molar refractivity (Wildman–Crippen MR) is 159 cm³/mol. The number of rotatable bonds is 10. The molecule has 1 fully saturated rings. The molecule has 0 spiro atoms. The van der Waals surface area contributed by atoms with Crippen LogP contribution in [0.5, 0.6) is 5.75 Å². The number of halogens is 2. The summed E-state index contributed by atoms with van der Waals surface area (Å²) >= 11 is 12.6. The van der Waals surface area contributed by atoms with E-state index in [4.69, 9.17) is 27.9 Å². The molecule has 1 aromatic heterocycles. The van der Waals surface area contributed by atoms with Gasteiger partial charge in [0.05, 0.1) is 17.8 Å². The molecular formula is C29H31Cl2N3O5S. The second-order valence-corrected chi connectivity index (χ2v) is 11.9. The largest absolute Gasteiger partial charge is 0.497 e. The lowest BCUT2D eigenvalue weighted by Crippen LogP contribution is -2.45. The van der Waals surface area contributed by atoms with Crippen LogP contribution in [0.3, 0.4) is 0 Å². The molecule has 4 rings (SSSR count). The fraction of sp³-hybridized carbons (Fsp3) is 0.310. The number of carbonyl (C=O) groups excluding carboxylic acids is 1. The monoisotopic (exact) mass is 603 g/mol. The van der Waals surface area contributed by atoms with E-state index in [9.17, 15) is 18.0 Å². The first-order valence-corrected chi connectivity index (χ1v) is 15.2. The molecule has 212 valence electrons. The third kappa shape index (κ3) is 7.97. The van der Waals surface area contributed by atoms with Crippen LogP contribution in [0.4, 0.5) is 0 Å². The number of hydrogen-bond acceptors (Lipinski definition) is 5. The summed E-state index contributed by atoms with van der Waals surface area (Å²) in [4.78, 5) is 25.5. The first-order valence-electron chi connectivity index (χ1n) is 13.0. The van der Waals surface area contributed by atoms with Gasteiger partial charge >= 0.3 is 10.2 Å². The van der Waals surface area contributed by atoms with Crippen LogP contribution in [0.15, 0.2) is 59.4 Å². The molecule has 0 radical (unpaired) electrons. The highest BCUT2D eigenvalue weighted by Gasteiger charge is 2.22. The third-order valence-electron chi connectivity index (χ3n) is 6.76. The molecule has 1 aliphatic carbocycles. The smallest absolute Gasteiger partial charge is 0.301 e. The van der Waals surface area contributed by atoms with Crippen molar-refractivity contribution in [3.63, 3.8) is 0 Å². The van der Waals surface area contributed by atoms with Crippen molar-refractivity contribution >= 4 is 51.5 Å². The molecular weight excluding hydrogens is 573 g/mol. The normalized spacial score (nSPS) is 14.4. The first kappa shape index (κ1) is 29.9. The van der Waals surface area contributed by atoms with E-state index in [0.29, 0.717) is 22.9 Å². The number of nitrogens with one attached hydrogen (secondary N) is 2. The van der Waals surface area contributed by atoms with E-state index in [1.807, 2.05) is 30.3 Å². The van der Waals surface area contributed by atoms with Crippen molar-refractivity contribution in [1.29, 1.82) is 0 Å². The van der Waals surface area contributed by atoms with Crippen molar-refractivity contribution in [3.05, 3.63) is 97.4 Å². The number of methoxy groups -OCH3 is 1. The number of aryl methyl sites for hydroxylation is 1. The van der Waals surface area contributed by atoms with E-state index < -0.39 is 16.1 Å². The Labute approximate surface area is 244 Å². The van der Waals surface area contributed by atoms with Crippen LogP contribution in [0.25, 0.3) is 12.2 Å². The lowest BCUT2D eigenvalue weighted by Gasteiger charge is -2.22. The highest BCUT2D eigenvalue weighted by atomic mass is 35.5. The fourth-order valence-electron chi connectivity index (χ4n) is 4.64. The zero-order valence-electron chi connectivity index (χ0n) is 22.0. The average Bonchev–Trinajstić information content (AvgIpc) is 2.94. The molecule has 1 saturated carbocycles. The summed E-state index contributed by atoms with van der Waals surface area (Å²) in [6.45, 7) is 0.280. The molecule has 3 aromatic rings. The van der Waals surface area contributed by atoms with Crippen molar-refractivity contribution in [2.75, 3.05) is 7.11 Å². The molecule has 1 heterocycles.